The predicted octanol–water partition coefficient (Wildman–Crippen LogP) is 3.41. The van der Waals surface area contributed by atoms with Crippen molar-refractivity contribution in [1.82, 2.24) is 4.90 Å². The van der Waals surface area contributed by atoms with Crippen LogP contribution in [0.2, 0.25) is 0 Å². The third kappa shape index (κ3) is 3.66. The van der Waals surface area contributed by atoms with Crippen LogP contribution in [-0.2, 0) is 4.79 Å². The lowest BCUT2D eigenvalue weighted by Gasteiger charge is -2.17. The van der Waals surface area contributed by atoms with Gasteiger partial charge in [0.05, 0.1) is 11.8 Å². The highest BCUT2D eigenvalue weighted by Crippen LogP contribution is 2.38. The van der Waals surface area contributed by atoms with Crippen molar-refractivity contribution in [2.24, 2.45) is 11.8 Å². The van der Waals surface area contributed by atoms with Gasteiger partial charge in [-0.25, -0.2) is 0 Å². The number of alkyl halides is 3. The molecule has 0 radical (unpaired) electrons. The summed E-state index contributed by atoms with van der Waals surface area (Å²) in [6.07, 6.45) is -4.71. The smallest absolute Gasteiger partial charge is 0.394 e. The monoisotopic (exact) mass is 369 g/mol. The van der Waals surface area contributed by atoms with Crippen molar-refractivity contribution in [3.8, 4) is 11.7 Å². The molecule has 0 saturated carbocycles. The number of nitrogens with zero attached hydrogens (tertiary/aromatic N) is 1. The molecule has 1 saturated heterocycles. The van der Waals surface area contributed by atoms with Gasteiger partial charge in [-0.3, -0.25) is 9.59 Å². The summed E-state index contributed by atoms with van der Waals surface area (Å²) in [4.78, 5) is 24.3. The number of ether oxygens (including phenoxy) is 1. The lowest BCUT2D eigenvalue weighted by molar-refractivity contribution is -0.187. The Morgan fingerprint density at radius 2 is 1.81 bits per heavy atom. The van der Waals surface area contributed by atoms with E-state index in [9.17, 15) is 22.8 Å². The van der Waals surface area contributed by atoms with Crippen LogP contribution in [0.3, 0.4) is 0 Å². The number of carbonyl (C=O) groups excluding carboxylic acids is 1. The molecule has 2 aromatic rings. The van der Waals surface area contributed by atoms with Crippen molar-refractivity contribution >= 4 is 11.9 Å². The molecule has 1 aromatic carbocycles. The number of hydrogen-bond acceptors (Lipinski definition) is 4. The van der Waals surface area contributed by atoms with E-state index in [1.54, 1.807) is 30.3 Å². The van der Waals surface area contributed by atoms with Crippen LogP contribution >= 0.6 is 0 Å². The topological polar surface area (TPSA) is 80.0 Å². The number of furan rings is 1. The van der Waals surface area contributed by atoms with Gasteiger partial charge in [-0.05, 0) is 18.2 Å². The molecule has 6 nitrogen and oxygen atoms in total. The van der Waals surface area contributed by atoms with Crippen LogP contribution in [0.1, 0.15) is 10.6 Å². The summed E-state index contributed by atoms with van der Waals surface area (Å²) >= 11 is 0. The Labute approximate surface area is 145 Å². The Bertz CT molecular complexity index is 802. The SMILES string of the molecule is O=C(O)[C@@H]1CN(C(=O)c2ccc(Oc3ccccc3)o2)C[C@H]1C(F)(F)F. The first-order valence-electron chi connectivity index (χ1n) is 7.67. The average Bonchev–Trinajstić information content (AvgIpc) is 3.22. The average molecular weight is 369 g/mol. The van der Waals surface area contributed by atoms with E-state index in [1.807, 2.05) is 0 Å². The lowest BCUT2D eigenvalue weighted by atomic mass is 9.96. The number of halogens is 3. The fourth-order valence-corrected chi connectivity index (χ4v) is 2.80. The first-order valence-corrected chi connectivity index (χ1v) is 7.67. The molecular formula is C17H14F3NO5. The van der Waals surface area contributed by atoms with Crippen molar-refractivity contribution < 1.29 is 37.0 Å². The van der Waals surface area contributed by atoms with E-state index in [4.69, 9.17) is 14.3 Å². The molecule has 0 unspecified atom stereocenters. The first kappa shape index (κ1) is 17.8. The van der Waals surface area contributed by atoms with Gasteiger partial charge in [0.25, 0.3) is 11.9 Å². The fourth-order valence-electron chi connectivity index (χ4n) is 2.80. The van der Waals surface area contributed by atoms with E-state index in [2.05, 4.69) is 0 Å². The minimum absolute atomic E-state index is 0.000836. The quantitative estimate of drug-likeness (QED) is 0.893. The molecule has 3 rings (SSSR count). The molecule has 26 heavy (non-hydrogen) atoms. The summed E-state index contributed by atoms with van der Waals surface area (Å²) in [5, 5.41) is 9.00. The van der Waals surface area contributed by atoms with Crippen LogP contribution < -0.4 is 4.74 Å². The number of likely N-dealkylation sites (tertiary alicyclic amines) is 1. The maximum atomic E-state index is 13.0. The van der Waals surface area contributed by atoms with Crippen LogP contribution in [0.4, 0.5) is 13.2 Å². The Balaban J connectivity index is 1.73. The number of hydrogen-bond donors (Lipinski definition) is 1. The Hall–Kier alpha value is -2.97. The second-order valence-electron chi connectivity index (χ2n) is 5.84. The summed E-state index contributed by atoms with van der Waals surface area (Å²) in [6.45, 7) is -1.26. The minimum Gasteiger partial charge on any atom is -0.481 e. The van der Waals surface area contributed by atoms with E-state index in [1.165, 1.54) is 12.1 Å². The summed E-state index contributed by atoms with van der Waals surface area (Å²) in [5.74, 6) is -5.97. The number of rotatable bonds is 4. The zero-order valence-electron chi connectivity index (χ0n) is 13.3. The van der Waals surface area contributed by atoms with Gasteiger partial charge in [-0.1, -0.05) is 18.2 Å². The maximum absolute atomic E-state index is 13.0. The number of benzene rings is 1. The van der Waals surface area contributed by atoms with Crippen LogP contribution in [0.25, 0.3) is 0 Å². The molecule has 1 aliphatic heterocycles. The van der Waals surface area contributed by atoms with Gasteiger partial charge >= 0.3 is 12.1 Å². The molecule has 1 amide bonds. The van der Waals surface area contributed by atoms with Crippen molar-refractivity contribution in [2.75, 3.05) is 13.1 Å². The number of aliphatic carboxylic acids is 1. The van der Waals surface area contributed by atoms with Crippen LogP contribution in [0.15, 0.2) is 46.9 Å². The van der Waals surface area contributed by atoms with Gasteiger partial charge in [0, 0.05) is 19.2 Å². The second kappa shape index (κ2) is 6.74. The van der Waals surface area contributed by atoms with E-state index >= 15 is 0 Å². The number of carbonyl (C=O) groups is 2. The van der Waals surface area contributed by atoms with Gasteiger partial charge < -0.3 is 19.2 Å². The number of carboxylic acid groups (broad SMARTS) is 1. The molecule has 0 bridgehead atoms. The summed E-state index contributed by atoms with van der Waals surface area (Å²) < 4.78 is 49.7. The standard InChI is InChI=1S/C17H14F3NO5/c18-17(19,20)12-9-21(8-11(12)16(23)24)15(22)13-6-7-14(26-13)25-10-4-2-1-3-5-10/h1-7,11-12H,8-9H2,(H,23,24)/t11-,12-/m1/s1. The Morgan fingerprint density at radius 3 is 2.38 bits per heavy atom. The molecule has 1 aromatic heterocycles. The maximum Gasteiger partial charge on any atom is 0.394 e. The number of amides is 1. The molecule has 1 fully saturated rings. The van der Waals surface area contributed by atoms with E-state index < -0.39 is 43.0 Å². The third-order valence-corrected chi connectivity index (χ3v) is 4.10. The largest absolute Gasteiger partial charge is 0.481 e. The molecule has 0 aliphatic carbocycles. The fraction of sp³-hybridized carbons (Fsp3) is 0.294. The molecule has 1 aliphatic rings. The number of carboxylic acids is 1. The molecule has 138 valence electrons. The summed E-state index contributed by atoms with van der Waals surface area (Å²) in [6, 6.07) is 11.2. The van der Waals surface area contributed by atoms with Gasteiger partial charge in [-0.2, -0.15) is 13.2 Å². The molecule has 2 heterocycles. The Morgan fingerprint density at radius 1 is 1.12 bits per heavy atom. The van der Waals surface area contributed by atoms with Gasteiger partial charge in [-0.15, -0.1) is 0 Å². The molecule has 1 N–H and O–H groups in total. The van der Waals surface area contributed by atoms with Crippen LogP contribution in [0, 0.1) is 11.8 Å². The highest BCUT2D eigenvalue weighted by molar-refractivity contribution is 5.92. The normalized spacial score (nSPS) is 20.2. The van der Waals surface area contributed by atoms with Crippen molar-refractivity contribution in [1.29, 1.82) is 0 Å². The molecular weight excluding hydrogens is 355 g/mol. The zero-order chi connectivity index (χ0) is 18.9. The van der Waals surface area contributed by atoms with Crippen molar-refractivity contribution in [3.05, 3.63) is 48.2 Å². The molecule has 9 heteroatoms. The predicted molar refractivity (Wildman–Crippen MR) is 81.8 cm³/mol. The zero-order valence-corrected chi connectivity index (χ0v) is 13.3. The highest BCUT2D eigenvalue weighted by Gasteiger charge is 2.53. The van der Waals surface area contributed by atoms with E-state index in [0.29, 0.717) is 5.75 Å². The lowest BCUT2D eigenvalue weighted by Crippen LogP contribution is -2.34. The summed E-state index contributed by atoms with van der Waals surface area (Å²) in [7, 11) is 0. The number of para-hydroxylation sites is 1. The van der Waals surface area contributed by atoms with Crippen LogP contribution in [0.5, 0.6) is 11.7 Å². The summed E-state index contributed by atoms with van der Waals surface area (Å²) in [5.41, 5.74) is 0. The minimum atomic E-state index is -4.71. The molecule has 2 atom stereocenters. The van der Waals surface area contributed by atoms with Crippen LogP contribution in [-0.4, -0.2) is 41.1 Å². The van der Waals surface area contributed by atoms with Crippen molar-refractivity contribution in [3.63, 3.8) is 0 Å². The highest BCUT2D eigenvalue weighted by atomic mass is 19.4. The molecule has 0 spiro atoms. The van der Waals surface area contributed by atoms with Gasteiger partial charge in [0.1, 0.15) is 5.75 Å². The second-order valence-corrected chi connectivity index (χ2v) is 5.84. The van der Waals surface area contributed by atoms with Gasteiger partial charge in [0.2, 0.25) is 0 Å². The Kier molecular flexibility index (Phi) is 4.62. The van der Waals surface area contributed by atoms with E-state index in [-0.39, 0.29) is 11.7 Å². The van der Waals surface area contributed by atoms with Crippen molar-refractivity contribution in [2.45, 2.75) is 6.18 Å². The first-order chi connectivity index (χ1) is 12.3. The van der Waals surface area contributed by atoms with Gasteiger partial charge in [0.15, 0.2) is 5.76 Å². The van der Waals surface area contributed by atoms with E-state index in [0.717, 1.165) is 4.90 Å². The third-order valence-electron chi connectivity index (χ3n) is 4.10.